The molecule has 0 radical (unpaired) electrons. The van der Waals surface area contributed by atoms with Crippen LogP contribution < -0.4 is 0 Å². The van der Waals surface area contributed by atoms with E-state index in [2.05, 4.69) is 4.98 Å². The van der Waals surface area contributed by atoms with E-state index in [1.54, 1.807) is 11.6 Å². The van der Waals surface area contributed by atoms with Crippen molar-refractivity contribution >= 4 is 5.97 Å². The topological polar surface area (TPSA) is 55.1 Å². The van der Waals surface area contributed by atoms with E-state index in [1.807, 2.05) is 20.8 Å². The van der Waals surface area contributed by atoms with Crippen molar-refractivity contribution in [2.75, 3.05) is 0 Å². The summed E-state index contributed by atoms with van der Waals surface area (Å²) in [5.74, 6) is -0.157. The van der Waals surface area contributed by atoms with Gasteiger partial charge in [-0.15, -0.1) is 0 Å². The summed E-state index contributed by atoms with van der Waals surface area (Å²) in [6, 6.07) is 0. The van der Waals surface area contributed by atoms with E-state index in [4.69, 9.17) is 5.11 Å². The Morgan fingerprint density at radius 2 is 2.08 bits per heavy atom. The number of rotatable bonds is 1. The second kappa shape index (κ2) is 2.87. The highest BCUT2D eigenvalue weighted by Gasteiger charge is 2.22. The van der Waals surface area contributed by atoms with Gasteiger partial charge in [0.15, 0.2) is 0 Å². The third-order valence-electron chi connectivity index (χ3n) is 1.88. The largest absolute Gasteiger partial charge is 0.477 e. The lowest BCUT2D eigenvalue weighted by Crippen LogP contribution is -2.19. The molecule has 0 bridgehead atoms. The Labute approximate surface area is 77.2 Å². The van der Waals surface area contributed by atoms with Gasteiger partial charge in [0, 0.05) is 12.5 Å². The molecule has 72 valence electrons. The zero-order valence-electron chi connectivity index (χ0n) is 8.33. The molecule has 1 aromatic heterocycles. The number of carbonyl (C=O) groups is 1. The number of imidazole rings is 1. The minimum Gasteiger partial charge on any atom is -0.477 e. The van der Waals surface area contributed by atoms with Crippen LogP contribution >= 0.6 is 0 Å². The minimum absolute atomic E-state index is 0.123. The van der Waals surface area contributed by atoms with Crippen molar-refractivity contribution in [2.24, 2.45) is 7.05 Å². The first-order valence-electron chi connectivity index (χ1n) is 4.09. The van der Waals surface area contributed by atoms with Gasteiger partial charge in [-0.3, -0.25) is 0 Å². The van der Waals surface area contributed by atoms with E-state index in [-0.39, 0.29) is 11.1 Å². The molecule has 0 amide bonds. The van der Waals surface area contributed by atoms with Crippen LogP contribution in [0.25, 0.3) is 0 Å². The standard InChI is InChI=1S/C9H14N2O2/c1-9(2,3)8-10-5-6(7(12)13)11(8)4/h5H,1-4H3,(H,12,13). The Morgan fingerprint density at radius 3 is 2.31 bits per heavy atom. The van der Waals surface area contributed by atoms with Crippen LogP contribution in [0.4, 0.5) is 0 Å². The molecule has 0 fully saturated rings. The van der Waals surface area contributed by atoms with E-state index in [0.717, 1.165) is 5.82 Å². The van der Waals surface area contributed by atoms with Crippen LogP contribution in [0.1, 0.15) is 37.1 Å². The maximum Gasteiger partial charge on any atom is 0.354 e. The second-order valence-corrected chi connectivity index (χ2v) is 4.08. The van der Waals surface area contributed by atoms with Gasteiger partial charge < -0.3 is 9.67 Å². The van der Waals surface area contributed by atoms with Gasteiger partial charge in [0.05, 0.1) is 6.20 Å². The summed E-state index contributed by atoms with van der Waals surface area (Å²) in [7, 11) is 1.72. The molecule has 0 aliphatic rings. The first-order valence-corrected chi connectivity index (χ1v) is 4.09. The van der Waals surface area contributed by atoms with Crippen LogP contribution in [-0.2, 0) is 12.5 Å². The summed E-state index contributed by atoms with van der Waals surface area (Å²) in [6.07, 6.45) is 1.39. The lowest BCUT2D eigenvalue weighted by Gasteiger charge is -2.17. The van der Waals surface area contributed by atoms with Gasteiger partial charge in [-0.1, -0.05) is 20.8 Å². The smallest absolute Gasteiger partial charge is 0.354 e. The first kappa shape index (κ1) is 9.77. The SMILES string of the molecule is Cn1c(C(=O)O)cnc1C(C)(C)C. The van der Waals surface area contributed by atoms with Crippen molar-refractivity contribution in [3.05, 3.63) is 17.7 Å². The summed E-state index contributed by atoms with van der Waals surface area (Å²) < 4.78 is 1.61. The van der Waals surface area contributed by atoms with E-state index in [0.29, 0.717) is 0 Å². The van der Waals surface area contributed by atoms with Gasteiger partial charge in [-0.25, -0.2) is 9.78 Å². The number of aromatic carboxylic acids is 1. The third kappa shape index (κ3) is 1.71. The van der Waals surface area contributed by atoms with Crippen LogP contribution in [0.5, 0.6) is 0 Å². The van der Waals surface area contributed by atoms with E-state index in [9.17, 15) is 4.79 Å². The van der Waals surface area contributed by atoms with Crippen LogP contribution in [0, 0.1) is 0 Å². The summed E-state index contributed by atoms with van der Waals surface area (Å²) >= 11 is 0. The fraction of sp³-hybridized carbons (Fsp3) is 0.556. The molecule has 4 nitrogen and oxygen atoms in total. The highest BCUT2D eigenvalue weighted by molar-refractivity contribution is 5.85. The van der Waals surface area contributed by atoms with Crippen LogP contribution in [-0.4, -0.2) is 20.6 Å². The highest BCUT2D eigenvalue weighted by Crippen LogP contribution is 2.20. The molecule has 0 aromatic carbocycles. The second-order valence-electron chi connectivity index (χ2n) is 4.08. The third-order valence-corrected chi connectivity index (χ3v) is 1.88. The minimum atomic E-state index is -0.939. The fourth-order valence-electron chi connectivity index (χ4n) is 1.31. The molecule has 0 aliphatic carbocycles. The Kier molecular flexibility index (Phi) is 2.15. The lowest BCUT2D eigenvalue weighted by molar-refractivity contribution is 0.0686. The summed E-state index contributed by atoms with van der Waals surface area (Å²) in [4.78, 5) is 14.8. The predicted octanol–water partition coefficient (Wildman–Crippen LogP) is 1.42. The van der Waals surface area contributed by atoms with Crippen molar-refractivity contribution in [2.45, 2.75) is 26.2 Å². The number of hydrogen-bond acceptors (Lipinski definition) is 2. The monoisotopic (exact) mass is 182 g/mol. The van der Waals surface area contributed by atoms with Gasteiger partial charge in [-0.2, -0.15) is 0 Å². The van der Waals surface area contributed by atoms with Crippen molar-refractivity contribution in [3.8, 4) is 0 Å². The Hall–Kier alpha value is -1.32. The van der Waals surface area contributed by atoms with Crippen LogP contribution in [0.3, 0.4) is 0 Å². The molecule has 0 unspecified atom stereocenters. The molecular formula is C9H14N2O2. The maximum absolute atomic E-state index is 10.7. The van der Waals surface area contributed by atoms with Gasteiger partial charge in [0.1, 0.15) is 11.5 Å². The van der Waals surface area contributed by atoms with Crippen LogP contribution in [0.2, 0.25) is 0 Å². The van der Waals surface area contributed by atoms with E-state index >= 15 is 0 Å². The van der Waals surface area contributed by atoms with Crippen molar-refractivity contribution in [3.63, 3.8) is 0 Å². The van der Waals surface area contributed by atoms with E-state index in [1.165, 1.54) is 6.20 Å². The van der Waals surface area contributed by atoms with Crippen molar-refractivity contribution < 1.29 is 9.90 Å². The maximum atomic E-state index is 10.7. The Morgan fingerprint density at radius 1 is 1.54 bits per heavy atom. The molecule has 0 saturated carbocycles. The number of carboxylic acids is 1. The number of hydrogen-bond donors (Lipinski definition) is 1. The molecule has 13 heavy (non-hydrogen) atoms. The molecular weight excluding hydrogens is 168 g/mol. The summed E-state index contributed by atoms with van der Waals surface area (Å²) in [5, 5.41) is 8.78. The van der Waals surface area contributed by atoms with Crippen LogP contribution in [0.15, 0.2) is 6.20 Å². The normalized spacial score (nSPS) is 11.7. The molecule has 0 spiro atoms. The first-order chi connectivity index (χ1) is 5.84. The predicted molar refractivity (Wildman–Crippen MR) is 48.9 cm³/mol. The molecule has 0 saturated heterocycles. The van der Waals surface area contributed by atoms with E-state index < -0.39 is 5.97 Å². The average molecular weight is 182 g/mol. The molecule has 4 heteroatoms. The average Bonchev–Trinajstić information content (AvgIpc) is 2.28. The highest BCUT2D eigenvalue weighted by atomic mass is 16.4. The fourth-order valence-corrected chi connectivity index (χ4v) is 1.31. The number of nitrogens with zero attached hydrogens (tertiary/aromatic N) is 2. The number of aromatic nitrogens is 2. The van der Waals surface area contributed by atoms with Gasteiger partial charge in [0.2, 0.25) is 0 Å². The molecule has 0 aliphatic heterocycles. The molecule has 1 heterocycles. The Bertz CT molecular complexity index is 334. The molecule has 1 N–H and O–H groups in total. The molecule has 1 aromatic rings. The molecule has 0 atom stereocenters. The van der Waals surface area contributed by atoms with Crippen molar-refractivity contribution in [1.29, 1.82) is 0 Å². The molecule has 1 rings (SSSR count). The summed E-state index contributed by atoms with van der Waals surface area (Å²) in [5.41, 5.74) is 0.104. The van der Waals surface area contributed by atoms with Gasteiger partial charge >= 0.3 is 5.97 Å². The lowest BCUT2D eigenvalue weighted by atomic mass is 9.96. The van der Waals surface area contributed by atoms with Crippen molar-refractivity contribution in [1.82, 2.24) is 9.55 Å². The number of carboxylic acid groups (broad SMARTS) is 1. The zero-order chi connectivity index (χ0) is 10.2. The zero-order valence-corrected chi connectivity index (χ0v) is 8.33. The summed E-state index contributed by atoms with van der Waals surface area (Å²) in [6.45, 7) is 6.00. The Balaban J connectivity index is 3.22. The van der Waals surface area contributed by atoms with Gasteiger partial charge in [0.25, 0.3) is 0 Å². The quantitative estimate of drug-likeness (QED) is 0.714. The van der Waals surface area contributed by atoms with Gasteiger partial charge in [-0.05, 0) is 0 Å².